The third kappa shape index (κ3) is 3.58. The van der Waals surface area contributed by atoms with Crippen LogP contribution >= 0.6 is 27.3 Å². The van der Waals surface area contributed by atoms with Crippen molar-refractivity contribution < 1.29 is 4.42 Å². The normalized spacial score (nSPS) is 11.3. The second-order valence-corrected chi connectivity index (χ2v) is 7.22. The summed E-state index contributed by atoms with van der Waals surface area (Å²) in [4.78, 5) is 16.6. The van der Waals surface area contributed by atoms with Crippen molar-refractivity contribution in [2.24, 2.45) is 5.10 Å². The maximum absolute atomic E-state index is 12.2. The van der Waals surface area contributed by atoms with Gasteiger partial charge in [-0.2, -0.15) is 5.10 Å². The van der Waals surface area contributed by atoms with Crippen molar-refractivity contribution in [2.75, 3.05) is 5.43 Å². The molecular weight excluding hydrogens is 414 g/mol. The van der Waals surface area contributed by atoms with Crippen molar-refractivity contribution in [3.05, 3.63) is 80.4 Å². The van der Waals surface area contributed by atoms with Gasteiger partial charge in [0.1, 0.15) is 5.58 Å². The highest BCUT2D eigenvalue weighted by atomic mass is 79.9. The molecule has 0 aliphatic heterocycles. The minimum absolute atomic E-state index is 0.404. The lowest BCUT2D eigenvalue weighted by molar-refractivity contribution is 0.563. The molecule has 2 aromatic carbocycles. The molecule has 128 valence electrons. The fraction of sp³-hybridized carbons (Fsp3) is 0. The number of thiazole rings is 1. The Bertz CT molecular complexity index is 1150. The van der Waals surface area contributed by atoms with Crippen LogP contribution in [-0.2, 0) is 0 Å². The van der Waals surface area contributed by atoms with Gasteiger partial charge in [-0.1, -0.05) is 46.3 Å². The third-order valence-corrected chi connectivity index (χ3v) is 4.94. The van der Waals surface area contributed by atoms with Crippen molar-refractivity contribution in [3.63, 3.8) is 0 Å². The molecule has 0 saturated heterocycles. The highest BCUT2D eigenvalue weighted by molar-refractivity contribution is 9.10. The van der Waals surface area contributed by atoms with Gasteiger partial charge in [0.05, 0.1) is 17.5 Å². The second-order valence-electron chi connectivity index (χ2n) is 5.44. The van der Waals surface area contributed by atoms with Crippen LogP contribution < -0.4 is 11.1 Å². The summed E-state index contributed by atoms with van der Waals surface area (Å²) in [5.41, 5.74) is 5.01. The van der Waals surface area contributed by atoms with Crippen LogP contribution in [0, 0.1) is 0 Å². The Morgan fingerprint density at radius 1 is 1.15 bits per heavy atom. The topological polar surface area (TPSA) is 67.5 Å². The molecular formula is C19H12BrN3O2S. The smallest absolute Gasteiger partial charge is 0.345 e. The quantitative estimate of drug-likeness (QED) is 0.279. The number of hydrazone groups is 1. The van der Waals surface area contributed by atoms with E-state index in [2.05, 4.69) is 31.4 Å². The molecule has 0 unspecified atom stereocenters. The Morgan fingerprint density at radius 3 is 2.81 bits per heavy atom. The van der Waals surface area contributed by atoms with E-state index in [0.29, 0.717) is 22.0 Å². The van der Waals surface area contributed by atoms with E-state index in [1.54, 1.807) is 23.7 Å². The van der Waals surface area contributed by atoms with Gasteiger partial charge in [-0.05, 0) is 29.8 Å². The summed E-state index contributed by atoms with van der Waals surface area (Å²) < 4.78 is 6.38. The van der Waals surface area contributed by atoms with Gasteiger partial charge in [0, 0.05) is 15.2 Å². The fourth-order valence-corrected chi connectivity index (χ4v) is 3.32. The minimum atomic E-state index is -0.404. The summed E-state index contributed by atoms with van der Waals surface area (Å²) in [6.45, 7) is 0. The lowest BCUT2D eigenvalue weighted by atomic mass is 10.1. The molecule has 7 heteroatoms. The molecule has 0 spiro atoms. The van der Waals surface area contributed by atoms with Gasteiger partial charge in [0.25, 0.3) is 0 Å². The number of hydrogen-bond donors (Lipinski definition) is 1. The minimum Gasteiger partial charge on any atom is -0.422 e. The van der Waals surface area contributed by atoms with Crippen molar-refractivity contribution in [1.82, 2.24) is 4.98 Å². The van der Waals surface area contributed by atoms with Crippen LogP contribution in [-0.4, -0.2) is 11.2 Å². The van der Waals surface area contributed by atoms with E-state index < -0.39 is 5.63 Å². The molecule has 0 bridgehead atoms. The first-order chi connectivity index (χ1) is 12.7. The molecule has 0 aliphatic rings. The molecule has 4 rings (SSSR count). The van der Waals surface area contributed by atoms with E-state index in [1.807, 2.05) is 42.5 Å². The molecule has 0 saturated carbocycles. The second kappa shape index (κ2) is 7.23. The van der Waals surface area contributed by atoms with Crippen LogP contribution in [0.1, 0.15) is 5.56 Å². The van der Waals surface area contributed by atoms with Gasteiger partial charge in [0.15, 0.2) is 0 Å². The summed E-state index contributed by atoms with van der Waals surface area (Å²) >= 11 is 4.77. The van der Waals surface area contributed by atoms with E-state index in [4.69, 9.17) is 4.42 Å². The highest BCUT2D eigenvalue weighted by Crippen LogP contribution is 2.25. The van der Waals surface area contributed by atoms with Crippen LogP contribution in [0.3, 0.4) is 0 Å². The molecule has 0 amide bonds. The lowest BCUT2D eigenvalue weighted by Gasteiger charge is -1.99. The fourth-order valence-electron chi connectivity index (χ4n) is 2.40. The van der Waals surface area contributed by atoms with Gasteiger partial charge in [-0.15, -0.1) is 11.3 Å². The molecule has 2 aromatic heterocycles. The molecule has 0 fully saturated rings. The summed E-state index contributed by atoms with van der Waals surface area (Å²) in [5, 5.41) is 7.44. The SMILES string of the molecule is O=c1oc2ccccc2cc1-c1csc(NN=Cc2ccc(Br)cc2)n1. The predicted molar refractivity (Wildman–Crippen MR) is 109 cm³/mol. The zero-order valence-corrected chi connectivity index (χ0v) is 15.8. The average molecular weight is 426 g/mol. The van der Waals surface area contributed by atoms with E-state index in [0.717, 1.165) is 15.4 Å². The largest absolute Gasteiger partial charge is 0.422 e. The third-order valence-electron chi connectivity index (χ3n) is 3.67. The summed E-state index contributed by atoms with van der Waals surface area (Å²) in [6, 6.07) is 17.0. The van der Waals surface area contributed by atoms with E-state index in [9.17, 15) is 4.79 Å². The Morgan fingerprint density at radius 2 is 1.96 bits per heavy atom. The molecule has 5 nitrogen and oxygen atoms in total. The van der Waals surface area contributed by atoms with Crippen molar-refractivity contribution in [2.45, 2.75) is 0 Å². The van der Waals surface area contributed by atoms with Crippen molar-refractivity contribution >= 4 is 49.6 Å². The van der Waals surface area contributed by atoms with Gasteiger partial charge >= 0.3 is 5.63 Å². The van der Waals surface area contributed by atoms with Crippen molar-refractivity contribution in [3.8, 4) is 11.3 Å². The number of fused-ring (bicyclic) bond motifs is 1. The summed E-state index contributed by atoms with van der Waals surface area (Å²) in [7, 11) is 0. The summed E-state index contributed by atoms with van der Waals surface area (Å²) in [6.07, 6.45) is 1.71. The van der Waals surface area contributed by atoms with Gasteiger partial charge < -0.3 is 4.42 Å². The molecule has 26 heavy (non-hydrogen) atoms. The molecule has 0 radical (unpaired) electrons. The molecule has 2 heterocycles. The summed E-state index contributed by atoms with van der Waals surface area (Å²) in [5.74, 6) is 0. The Hall–Kier alpha value is -2.77. The van der Waals surface area contributed by atoms with E-state index >= 15 is 0 Å². The zero-order chi connectivity index (χ0) is 17.9. The Kier molecular flexibility index (Phi) is 4.64. The average Bonchev–Trinajstić information content (AvgIpc) is 3.11. The number of benzene rings is 2. The maximum atomic E-state index is 12.2. The van der Waals surface area contributed by atoms with Gasteiger partial charge in [-0.25, -0.2) is 9.78 Å². The molecule has 4 aromatic rings. The standard InChI is InChI=1S/C19H12BrN3O2S/c20-14-7-5-12(6-8-14)10-21-23-19-22-16(11-26-19)15-9-13-3-1-2-4-17(13)25-18(15)24/h1-11H,(H,22,23). The monoisotopic (exact) mass is 425 g/mol. The number of para-hydroxylation sites is 1. The van der Waals surface area contributed by atoms with Crippen LogP contribution in [0.4, 0.5) is 5.13 Å². The number of rotatable bonds is 4. The zero-order valence-electron chi connectivity index (χ0n) is 13.3. The van der Waals surface area contributed by atoms with Crippen LogP contribution in [0.25, 0.3) is 22.2 Å². The molecule has 1 N–H and O–H groups in total. The Balaban J connectivity index is 1.55. The lowest BCUT2D eigenvalue weighted by Crippen LogP contribution is -2.02. The highest BCUT2D eigenvalue weighted by Gasteiger charge is 2.11. The number of nitrogens with one attached hydrogen (secondary N) is 1. The molecule has 0 atom stereocenters. The Labute approximate surface area is 161 Å². The van der Waals surface area contributed by atoms with Crippen LogP contribution in [0.2, 0.25) is 0 Å². The van der Waals surface area contributed by atoms with Crippen LogP contribution in [0.5, 0.6) is 0 Å². The number of anilines is 1. The first-order valence-electron chi connectivity index (χ1n) is 7.72. The first kappa shape index (κ1) is 16.7. The van der Waals surface area contributed by atoms with E-state index in [1.165, 1.54) is 11.3 Å². The first-order valence-corrected chi connectivity index (χ1v) is 9.40. The predicted octanol–water partition coefficient (Wildman–Crippen LogP) is 5.13. The number of hydrogen-bond acceptors (Lipinski definition) is 6. The maximum Gasteiger partial charge on any atom is 0.345 e. The van der Waals surface area contributed by atoms with Crippen molar-refractivity contribution in [1.29, 1.82) is 0 Å². The van der Waals surface area contributed by atoms with Gasteiger partial charge in [-0.3, -0.25) is 5.43 Å². The van der Waals surface area contributed by atoms with Gasteiger partial charge in [0.2, 0.25) is 5.13 Å². The number of halogens is 1. The number of aromatic nitrogens is 1. The number of nitrogens with zero attached hydrogens (tertiary/aromatic N) is 2. The van der Waals surface area contributed by atoms with E-state index in [-0.39, 0.29) is 0 Å². The molecule has 0 aliphatic carbocycles. The van der Waals surface area contributed by atoms with Crippen LogP contribution in [0.15, 0.2) is 78.8 Å².